The Labute approximate surface area is 201 Å². The Bertz CT molecular complexity index is 686. The number of alkyl halides is 3. The third kappa shape index (κ3) is 19.6. The van der Waals surface area contributed by atoms with Crippen LogP contribution in [0.3, 0.4) is 0 Å². The molecule has 0 aromatic heterocycles. The molecular weight excluding hydrogens is 421 g/mol. The number of aliphatic hydroxyl groups is 1. The molecule has 0 amide bonds. The first-order valence-electron chi connectivity index (χ1n) is 12.4. The zero-order valence-corrected chi connectivity index (χ0v) is 21.8. The van der Waals surface area contributed by atoms with Gasteiger partial charge in [-0.1, -0.05) is 58.2 Å². The minimum absolute atomic E-state index is 0.229. The fourth-order valence-electron chi connectivity index (χ4n) is 3.49. The second-order valence-corrected chi connectivity index (χ2v) is 9.63. The van der Waals surface area contributed by atoms with Gasteiger partial charge in [-0.05, 0) is 112 Å². The number of rotatable bonds is 16. The summed E-state index contributed by atoms with van der Waals surface area (Å²) in [7, 11) is 0. The lowest BCUT2D eigenvalue weighted by Crippen LogP contribution is -2.28. The number of hydrogen-bond acceptors (Lipinski definition) is 1. The van der Waals surface area contributed by atoms with E-state index in [-0.39, 0.29) is 6.42 Å². The summed E-state index contributed by atoms with van der Waals surface area (Å²) in [4.78, 5) is 0. The quantitative estimate of drug-likeness (QED) is 0.176. The second-order valence-electron chi connectivity index (χ2n) is 9.63. The summed E-state index contributed by atoms with van der Waals surface area (Å²) in [5.41, 5.74) is 6.76. The highest BCUT2D eigenvalue weighted by atomic mass is 19.4. The van der Waals surface area contributed by atoms with Crippen LogP contribution in [0.1, 0.15) is 112 Å². The van der Waals surface area contributed by atoms with Crippen molar-refractivity contribution in [2.45, 2.75) is 124 Å². The molecule has 1 atom stereocenters. The summed E-state index contributed by atoms with van der Waals surface area (Å²) < 4.78 is 36.9. The third-order valence-electron chi connectivity index (χ3n) is 5.73. The number of unbranched alkanes of at least 4 members (excludes halogenated alkanes) is 1. The Morgan fingerprint density at radius 2 is 0.970 bits per heavy atom. The lowest BCUT2D eigenvalue weighted by atomic mass is 10.0. The van der Waals surface area contributed by atoms with E-state index in [1.807, 2.05) is 6.92 Å². The molecule has 0 heterocycles. The minimum Gasteiger partial charge on any atom is -0.384 e. The smallest absolute Gasteiger partial charge is 0.384 e. The molecule has 0 aliphatic heterocycles. The van der Waals surface area contributed by atoms with Gasteiger partial charge in [0.05, 0.1) is 0 Å². The molecule has 190 valence electrons. The minimum atomic E-state index is -4.51. The van der Waals surface area contributed by atoms with Crippen LogP contribution in [0.2, 0.25) is 0 Å². The summed E-state index contributed by atoms with van der Waals surface area (Å²) >= 11 is 0. The molecule has 1 nitrogen and oxygen atoms in total. The number of aliphatic hydroxyl groups excluding tert-OH is 1. The summed E-state index contributed by atoms with van der Waals surface area (Å²) in [6, 6.07) is 0. The Morgan fingerprint density at radius 1 is 0.606 bits per heavy atom. The molecule has 0 aliphatic rings. The van der Waals surface area contributed by atoms with Crippen molar-refractivity contribution in [3.63, 3.8) is 0 Å². The molecule has 0 bridgehead atoms. The van der Waals surface area contributed by atoms with Gasteiger partial charge in [-0.25, -0.2) is 0 Å². The SMILES string of the molecule is CC(C)=CCC/C(C)=C/CC/C(C)=C/CC/C=C(\C)CC/C=C(\C)CCCC(O)C(F)(F)F. The van der Waals surface area contributed by atoms with Crippen LogP contribution in [0.5, 0.6) is 0 Å². The molecule has 0 fully saturated rings. The van der Waals surface area contributed by atoms with Crippen LogP contribution >= 0.6 is 0 Å². The Hall–Kier alpha value is -1.55. The van der Waals surface area contributed by atoms with Gasteiger partial charge in [0, 0.05) is 0 Å². The van der Waals surface area contributed by atoms with Gasteiger partial charge in [0.15, 0.2) is 0 Å². The molecule has 0 aromatic carbocycles. The van der Waals surface area contributed by atoms with Crippen LogP contribution in [0.4, 0.5) is 13.2 Å². The average Bonchev–Trinajstić information content (AvgIpc) is 2.70. The van der Waals surface area contributed by atoms with E-state index in [1.165, 1.54) is 22.3 Å². The molecule has 0 aromatic rings. The molecule has 33 heavy (non-hydrogen) atoms. The Morgan fingerprint density at radius 3 is 1.36 bits per heavy atom. The van der Waals surface area contributed by atoms with Crippen LogP contribution in [0, 0.1) is 0 Å². The van der Waals surface area contributed by atoms with Gasteiger partial charge in [-0.15, -0.1) is 0 Å². The zero-order chi connectivity index (χ0) is 25.3. The Balaban J connectivity index is 4.08. The highest BCUT2D eigenvalue weighted by Crippen LogP contribution is 2.24. The molecule has 1 N–H and O–H groups in total. The fraction of sp³-hybridized carbons (Fsp3) is 0.655. The molecular formula is C29H47F3O. The van der Waals surface area contributed by atoms with Gasteiger partial charge >= 0.3 is 6.18 Å². The monoisotopic (exact) mass is 468 g/mol. The summed E-state index contributed by atoms with van der Waals surface area (Å²) in [5, 5.41) is 9.03. The lowest BCUT2D eigenvalue weighted by molar-refractivity contribution is -0.205. The van der Waals surface area contributed by atoms with E-state index in [9.17, 15) is 13.2 Å². The van der Waals surface area contributed by atoms with Crippen LogP contribution in [-0.2, 0) is 0 Å². The molecule has 0 saturated heterocycles. The molecule has 0 spiro atoms. The number of allylic oxidation sites excluding steroid dienone is 10. The van der Waals surface area contributed by atoms with Gasteiger partial charge in [-0.3, -0.25) is 0 Å². The topological polar surface area (TPSA) is 20.2 Å². The standard InChI is InChI=1S/C29H47F3O/c1-23(2)13-9-16-26(5)19-10-17-24(3)14-7-8-15-25(4)18-11-20-27(6)21-12-22-28(33)29(30,31)32/h13-15,19-20,28,33H,7-12,16-18,21-22H2,1-6H3/b24-14+,25-15+,26-19+,27-20+. The molecule has 4 heteroatoms. The first kappa shape index (κ1) is 31.4. The predicted octanol–water partition coefficient (Wildman–Crippen LogP) is 9.95. The van der Waals surface area contributed by atoms with Crippen LogP contribution < -0.4 is 0 Å². The highest BCUT2D eigenvalue weighted by molar-refractivity contribution is 5.07. The number of halogens is 3. The van der Waals surface area contributed by atoms with Crippen molar-refractivity contribution in [3.8, 4) is 0 Å². The van der Waals surface area contributed by atoms with E-state index in [2.05, 4.69) is 65.0 Å². The largest absolute Gasteiger partial charge is 0.414 e. The van der Waals surface area contributed by atoms with Crippen LogP contribution in [0.25, 0.3) is 0 Å². The van der Waals surface area contributed by atoms with Gasteiger partial charge in [-0.2, -0.15) is 13.2 Å². The van der Waals surface area contributed by atoms with Gasteiger partial charge in [0.2, 0.25) is 0 Å². The van der Waals surface area contributed by atoms with E-state index in [1.54, 1.807) is 0 Å². The molecule has 1 unspecified atom stereocenters. The van der Waals surface area contributed by atoms with Crippen molar-refractivity contribution in [1.29, 1.82) is 0 Å². The maximum atomic E-state index is 12.3. The van der Waals surface area contributed by atoms with Crippen molar-refractivity contribution in [2.75, 3.05) is 0 Å². The summed E-state index contributed by atoms with van der Waals surface area (Å²) in [6.07, 6.45) is 13.9. The van der Waals surface area contributed by atoms with Crippen LogP contribution in [0.15, 0.2) is 58.2 Å². The molecule has 0 aliphatic carbocycles. The van der Waals surface area contributed by atoms with E-state index in [4.69, 9.17) is 5.11 Å². The van der Waals surface area contributed by atoms with Crippen molar-refractivity contribution in [2.24, 2.45) is 0 Å². The molecule has 0 radical (unpaired) electrons. The van der Waals surface area contributed by atoms with Crippen molar-refractivity contribution >= 4 is 0 Å². The predicted molar refractivity (Wildman–Crippen MR) is 137 cm³/mol. The van der Waals surface area contributed by atoms with E-state index in [0.29, 0.717) is 12.8 Å². The summed E-state index contributed by atoms with van der Waals surface area (Å²) in [6.45, 7) is 12.8. The Kier molecular flexibility index (Phi) is 17.0. The highest BCUT2D eigenvalue weighted by Gasteiger charge is 2.37. The summed E-state index contributed by atoms with van der Waals surface area (Å²) in [5.74, 6) is 0. The fourth-order valence-corrected chi connectivity index (χ4v) is 3.49. The van der Waals surface area contributed by atoms with Gasteiger partial charge < -0.3 is 5.11 Å². The van der Waals surface area contributed by atoms with Crippen LogP contribution in [-0.4, -0.2) is 17.4 Å². The average molecular weight is 469 g/mol. The normalized spacial score (nSPS) is 15.1. The van der Waals surface area contributed by atoms with Gasteiger partial charge in [0.1, 0.15) is 6.10 Å². The van der Waals surface area contributed by atoms with E-state index < -0.39 is 12.3 Å². The van der Waals surface area contributed by atoms with Crippen molar-refractivity contribution < 1.29 is 18.3 Å². The lowest BCUT2D eigenvalue weighted by Gasteiger charge is -2.14. The number of hydrogen-bond donors (Lipinski definition) is 1. The maximum Gasteiger partial charge on any atom is 0.414 e. The maximum absolute atomic E-state index is 12.3. The first-order valence-corrected chi connectivity index (χ1v) is 12.4. The molecule has 0 saturated carbocycles. The zero-order valence-electron chi connectivity index (χ0n) is 21.8. The van der Waals surface area contributed by atoms with E-state index in [0.717, 1.165) is 56.9 Å². The van der Waals surface area contributed by atoms with Crippen molar-refractivity contribution in [1.82, 2.24) is 0 Å². The van der Waals surface area contributed by atoms with Gasteiger partial charge in [0.25, 0.3) is 0 Å². The third-order valence-corrected chi connectivity index (χ3v) is 5.73. The molecule has 0 rings (SSSR count). The van der Waals surface area contributed by atoms with E-state index >= 15 is 0 Å². The second kappa shape index (κ2) is 17.9. The first-order chi connectivity index (χ1) is 15.4. The van der Waals surface area contributed by atoms with Crippen molar-refractivity contribution in [3.05, 3.63) is 58.2 Å².